The van der Waals surface area contributed by atoms with Crippen molar-refractivity contribution in [3.05, 3.63) is 53.4 Å². The smallest absolute Gasteiger partial charge is 0.218 e. The zero-order valence-corrected chi connectivity index (χ0v) is 14.3. The summed E-state index contributed by atoms with van der Waals surface area (Å²) in [6.07, 6.45) is 1.62. The van der Waals surface area contributed by atoms with E-state index >= 15 is 0 Å². The van der Waals surface area contributed by atoms with Crippen molar-refractivity contribution >= 4 is 10.0 Å². The van der Waals surface area contributed by atoms with E-state index in [0.29, 0.717) is 12.3 Å². The Hall–Kier alpha value is -1.66. The molecule has 0 amide bonds. The maximum absolute atomic E-state index is 12.8. The average molecular weight is 334 g/mol. The SMILES string of the molecule is CC(C)c1cc(C2CCCN2S(=O)(=O)Cc2ccccc2)on1. The minimum atomic E-state index is -3.38. The van der Waals surface area contributed by atoms with Gasteiger partial charge in [-0.2, -0.15) is 4.31 Å². The molecule has 1 aliphatic heterocycles. The van der Waals surface area contributed by atoms with Crippen LogP contribution in [0.15, 0.2) is 40.9 Å². The second-order valence-electron chi connectivity index (χ2n) is 6.32. The second kappa shape index (κ2) is 6.45. The first kappa shape index (κ1) is 16.2. The monoisotopic (exact) mass is 334 g/mol. The van der Waals surface area contributed by atoms with Crippen molar-refractivity contribution in [2.24, 2.45) is 0 Å². The van der Waals surface area contributed by atoms with Crippen LogP contribution in [0.4, 0.5) is 0 Å². The highest BCUT2D eigenvalue weighted by atomic mass is 32.2. The molecule has 0 N–H and O–H groups in total. The topological polar surface area (TPSA) is 63.4 Å². The van der Waals surface area contributed by atoms with Gasteiger partial charge in [-0.25, -0.2) is 8.42 Å². The van der Waals surface area contributed by atoms with E-state index in [0.717, 1.165) is 24.1 Å². The number of hydrogen-bond acceptors (Lipinski definition) is 4. The van der Waals surface area contributed by atoms with Crippen LogP contribution in [0, 0.1) is 0 Å². The molecule has 1 unspecified atom stereocenters. The highest BCUT2D eigenvalue weighted by Gasteiger charge is 2.37. The Balaban J connectivity index is 1.82. The van der Waals surface area contributed by atoms with Crippen molar-refractivity contribution < 1.29 is 12.9 Å². The molecule has 1 atom stereocenters. The number of hydrogen-bond donors (Lipinski definition) is 0. The van der Waals surface area contributed by atoms with E-state index < -0.39 is 10.0 Å². The van der Waals surface area contributed by atoms with E-state index in [1.165, 1.54) is 0 Å². The molecule has 2 aromatic rings. The Kier molecular flexibility index (Phi) is 4.55. The van der Waals surface area contributed by atoms with Crippen molar-refractivity contribution in [2.45, 2.75) is 44.4 Å². The van der Waals surface area contributed by atoms with E-state index in [-0.39, 0.29) is 17.7 Å². The van der Waals surface area contributed by atoms with Crippen molar-refractivity contribution in [3.8, 4) is 0 Å². The zero-order chi connectivity index (χ0) is 16.4. The molecule has 1 aliphatic rings. The maximum Gasteiger partial charge on any atom is 0.218 e. The summed E-state index contributed by atoms with van der Waals surface area (Å²) in [7, 11) is -3.38. The lowest BCUT2D eigenvalue weighted by atomic mass is 10.1. The van der Waals surface area contributed by atoms with Crippen LogP contribution in [0.5, 0.6) is 0 Å². The molecule has 0 saturated carbocycles. The van der Waals surface area contributed by atoms with Gasteiger partial charge in [-0.05, 0) is 24.3 Å². The van der Waals surface area contributed by atoms with Crippen LogP contribution < -0.4 is 0 Å². The minimum absolute atomic E-state index is 0.0233. The lowest BCUT2D eigenvalue weighted by Crippen LogP contribution is -2.31. The quantitative estimate of drug-likeness (QED) is 0.840. The lowest BCUT2D eigenvalue weighted by molar-refractivity contribution is 0.295. The van der Waals surface area contributed by atoms with Gasteiger partial charge in [0, 0.05) is 12.6 Å². The number of nitrogens with zero attached hydrogens (tertiary/aromatic N) is 2. The fraction of sp³-hybridized carbons (Fsp3) is 0.471. The van der Waals surface area contributed by atoms with Crippen molar-refractivity contribution in [1.82, 2.24) is 9.46 Å². The van der Waals surface area contributed by atoms with Gasteiger partial charge in [0.1, 0.15) is 0 Å². The van der Waals surface area contributed by atoms with E-state index in [2.05, 4.69) is 5.16 Å². The van der Waals surface area contributed by atoms with Crippen molar-refractivity contribution in [3.63, 3.8) is 0 Å². The van der Waals surface area contributed by atoms with Crippen LogP contribution >= 0.6 is 0 Å². The average Bonchev–Trinajstić information content (AvgIpc) is 3.17. The molecule has 1 saturated heterocycles. The van der Waals surface area contributed by atoms with Gasteiger partial charge in [0.2, 0.25) is 10.0 Å². The molecule has 1 aromatic heterocycles. The minimum Gasteiger partial charge on any atom is -0.359 e. The Bertz CT molecular complexity index is 753. The molecule has 0 spiro atoms. The number of rotatable bonds is 5. The molecule has 0 radical (unpaired) electrons. The van der Waals surface area contributed by atoms with Crippen LogP contribution in [-0.2, 0) is 15.8 Å². The predicted octanol–water partition coefficient (Wildman–Crippen LogP) is 3.46. The Morgan fingerprint density at radius 3 is 2.70 bits per heavy atom. The predicted molar refractivity (Wildman–Crippen MR) is 88.3 cm³/mol. The first-order valence-corrected chi connectivity index (χ1v) is 9.58. The molecular formula is C17H22N2O3S. The van der Waals surface area contributed by atoms with Crippen LogP contribution in [0.3, 0.4) is 0 Å². The third-order valence-corrected chi connectivity index (χ3v) is 6.07. The molecule has 5 nitrogen and oxygen atoms in total. The van der Waals surface area contributed by atoms with Gasteiger partial charge in [-0.15, -0.1) is 0 Å². The Morgan fingerprint density at radius 2 is 2.04 bits per heavy atom. The Morgan fingerprint density at radius 1 is 1.30 bits per heavy atom. The molecule has 1 aromatic carbocycles. The van der Waals surface area contributed by atoms with Crippen LogP contribution in [0.2, 0.25) is 0 Å². The van der Waals surface area contributed by atoms with Gasteiger partial charge in [-0.3, -0.25) is 0 Å². The largest absolute Gasteiger partial charge is 0.359 e. The summed E-state index contributed by atoms with van der Waals surface area (Å²) >= 11 is 0. The summed E-state index contributed by atoms with van der Waals surface area (Å²) in [4.78, 5) is 0. The Labute approximate surface area is 137 Å². The maximum atomic E-state index is 12.8. The molecule has 23 heavy (non-hydrogen) atoms. The van der Waals surface area contributed by atoms with Crippen LogP contribution in [0.25, 0.3) is 0 Å². The fourth-order valence-corrected chi connectivity index (χ4v) is 4.74. The highest BCUT2D eigenvalue weighted by molar-refractivity contribution is 7.88. The number of sulfonamides is 1. The molecule has 0 bridgehead atoms. The first-order chi connectivity index (χ1) is 11.0. The molecule has 1 fully saturated rings. The third-order valence-electron chi connectivity index (χ3n) is 4.22. The molecule has 3 rings (SSSR count). The normalized spacial score (nSPS) is 19.5. The molecule has 6 heteroatoms. The summed E-state index contributed by atoms with van der Waals surface area (Å²) in [6, 6.07) is 10.9. The molecular weight excluding hydrogens is 312 g/mol. The van der Waals surface area contributed by atoms with Crippen LogP contribution in [-0.4, -0.2) is 24.4 Å². The van der Waals surface area contributed by atoms with E-state index in [9.17, 15) is 8.42 Å². The summed E-state index contributed by atoms with van der Waals surface area (Å²) < 4.78 is 32.6. The summed E-state index contributed by atoms with van der Waals surface area (Å²) in [5, 5.41) is 4.06. The number of aromatic nitrogens is 1. The molecule has 0 aliphatic carbocycles. The van der Waals surface area contributed by atoms with Crippen molar-refractivity contribution in [1.29, 1.82) is 0 Å². The van der Waals surface area contributed by atoms with Gasteiger partial charge in [-0.1, -0.05) is 49.3 Å². The van der Waals surface area contributed by atoms with Gasteiger partial charge >= 0.3 is 0 Å². The molecule has 124 valence electrons. The zero-order valence-electron chi connectivity index (χ0n) is 13.5. The third kappa shape index (κ3) is 3.48. The summed E-state index contributed by atoms with van der Waals surface area (Å²) in [5.41, 5.74) is 1.67. The fourth-order valence-electron chi connectivity index (χ4n) is 2.96. The lowest BCUT2D eigenvalue weighted by Gasteiger charge is -2.22. The summed E-state index contributed by atoms with van der Waals surface area (Å²) in [5.74, 6) is 0.946. The van der Waals surface area contributed by atoms with Gasteiger partial charge in [0.05, 0.1) is 17.5 Å². The van der Waals surface area contributed by atoms with Crippen molar-refractivity contribution in [2.75, 3.05) is 6.54 Å². The standard InChI is InChI=1S/C17H22N2O3S/c1-13(2)15-11-17(22-18-15)16-9-6-10-19(16)23(20,21)12-14-7-4-3-5-8-14/h3-5,7-8,11,13,16H,6,9-10,12H2,1-2H3. The van der Waals surface area contributed by atoms with E-state index in [4.69, 9.17) is 4.52 Å². The van der Waals surface area contributed by atoms with Gasteiger partial charge in [0.15, 0.2) is 5.76 Å². The summed E-state index contributed by atoms with van der Waals surface area (Å²) in [6.45, 7) is 4.62. The van der Waals surface area contributed by atoms with E-state index in [1.54, 1.807) is 4.31 Å². The molecule has 2 heterocycles. The first-order valence-electron chi connectivity index (χ1n) is 7.97. The van der Waals surface area contributed by atoms with Crippen LogP contribution in [0.1, 0.15) is 55.7 Å². The highest BCUT2D eigenvalue weighted by Crippen LogP contribution is 2.36. The van der Waals surface area contributed by atoms with E-state index in [1.807, 2.05) is 50.2 Å². The second-order valence-corrected chi connectivity index (χ2v) is 8.24. The van der Waals surface area contributed by atoms with Gasteiger partial charge in [0.25, 0.3) is 0 Å². The van der Waals surface area contributed by atoms with Gasteiger partial charge < -0.3 is 4.52 Å². The number of benzene rings is 1.